The summed E-state index contributed by atoms with van der Waals surface area (Å²) >= 11 is 6.30. The van der Waals surface area contributed by atoms with E-state index in [9.17, 15) is 9.59 Å². The van der Waals surface area contributed by atoms with Crippen molar-refractivity contribution < 1.29 is 9.59 Å². The second-order valence-electron chi connectivity index (χ2n) is 9.20. The molecule has 2 amide bonds. The fourth-order valence-electron chi connectivity index (χ4n) is 4.50. The first-order valence-corrected chi connectivity index (χ1v) is 12.4. The summed E-state index contributed by atoms with van der Waals surface area (Å²) in [6.07, 6.45) is 1.93. The molecule has 0 saturated carbocycles. The zero-order chi connectivity index (χ0) is 24.9. The van der Waals surface area contributed by atoms with E-state index in [-0.39, 0.29) is 24.3 Å². The molecule has 1 fully saturated rings. The van der Waals surface area contributed by atoms with Crippen molar-refractivity contribution in [3.05, 3.63) is 76.1 Å². The molecule has 0 bridgehead atoms. The Hall–Kier alpha value is -3.16. The van der Waals surface area contributed by atoms with Crippen molar-refractivity contribution in [2.45, 2.75) is 46.1 Å². The number of carbonyl (C=O) groups excluding carboxylic acids is 2. The number of hydrogen-bond donors (Lipinski definition) is 2. The van der Waals surface area contributed by atoms with E-state index >= 15 is 0 Å². The minimum atomic E-state index is -0.0171. The van der Waals surface area contributed by atoms with Gasteiger partial charge >= 0.3 is 0 Å². The number of likely N-dealkylation sites (tertiary alicyclic amines) is 1. The molecule has 4 rings (SSSR count). The Morgan fingerprint density at radius 2 is 1.74 bits per heavy atom. The molecule has 0 aliphatic carbocycles. The lowest BCUT2D eigenvalue weighted by Crippen LogP contribution is -2.46. The molecule has 3 aromatic rings. The number of aromatic nitrogens is 2. The minimum Gasteiger partial charge on any atom is -0.353 e. The van der Waals surface area contributed by atoms with Gasteiger partial charge in [0, 0.05) is 41.1 Å². The van der Waals surface area contributed by atoms with Gasteiger partial charge in [-0.2, -0.15) is 5.10 Å². The fourth-order valence-corrected chi connectivity index (χ4v) is 4.67. The summed E-state index contributed by atoms with van der Waals surface area (Å²) in [5.41, 5.74) is 5.43. The second-order valence-corrected chi connectivity index (χ2v) is 9.61. The van der Waals surface area contributed by atoms with E-state index in [2.05, 4.69) is 20.6 Å². The van der Waals surface area contributed by atoms with Gasteiger partial charge in [0.15, 0.2) is 0 Å². The van der Waals surface area contributed by atoms with E-state index in [0.29, 0.717) is 11.6 Å². The summed E-state index contributed by atoms with van der Waals surface area (Å²) in [7, 11) is 0. The van der Waals surface area contributed by atoms with Gasteiger partial charge in [0.2, 0.25) is 11.8 Å². The average molecular weight is 494 g/mol. The number of hydrogen-bond acceptors (Lipinski definition) is 4. The molecule has 8 heteroatoms. The summed E-state index contributed by atoms with van der Waals surface area (Å²) in [6.45, 7) is 7.79. The Morgan fingerprint density at radius 1 is 1.03 bits per heavy atom. The number of nitrogens with one attached hydrogen (secondary N) is 2. The topological polar surface area (TPSA) is 79.3 Å². The lowest BCUT2D eigenvalue weighted by Gasteiger charge is -2.31. The first-order chi connectivity index (χ1) is 16.8. The average Bonchev–Trinajstić information content (AvgIpc) is 3.11. The van der Waals surface area contributed by atoms with Crippen LogP contribution < -0.4 is 10.6 Å². The molecule has 2 aromatic carbocycles. The molecule has 0 atom stereocenters. The third kappa shape index (κ3) is 6.29. The maximum absolute atomic E-state index is 12.8. The van der Waals surface area contributed by atoms with Crippen LogP contribution in [0.15, 0.2) is 48.5 Å². The van der Waals surface area contributed by atoms with Crippen molar-refractivity contribution in [1.29, 1.82) is 0 Å². The highest BCUT2D eigenvalue weighted by Gasteiger charge is 2.23. The van der Waals surface area contributed by atoms with E-state index in [0.717, 1.165) is 59.8 Å². The molecule has 35 heavy (non-hydrogen) atoms. The molecule has 1 aliphatic rings. The van der Waals surface area contributed by atoms with Crippen LogP contribution in [0.1, 0.15) is 35.4 Å². The van der Waals surface area contributed by atoms with Crippen molar-refractivity contribution in [2.24, 2.45) is 0 Å². The lowest BCUT2D eigenvalue weighted by atomic mass is 10.0. The standard InChI is InChI=1S/C27H32ClN5O2/c1-18-9-10-23(15-25(18)28)33-20(3)24(19(2)31-33)16-26(34)29-22-11-13-32(14-12-22)17-27(35)30-21-7-5-4-6-8-21/h4-10,15,22H,11-14,16-17H2,1-3H3,(H,29,34)(H,30,35). The van der Waals surface area contributed by atoms with Gasteiger partial charge in [-0.25, -0.2) is 4.68 Å². The Labute approximate surface area is 211 Å². The summed E-state index contributed by atoms with van der Waals surface area (Å²) < 4.78 is 1.85. The van der Waals surface area contributed by atoms with Crippen LogP contribution in [0.3, 0.4) is 0 Å². The minimum absolute atomic E-state index is 0.00189. The van der Waals surface area contributed by atoms with E-state index in [4.69, 9.17) is 11.6 Å². The number of nitrogens with zero attached hydrogens (tertiary/aromatic N) is 3. The van der Waals surface area contributed by atoms with Crippen LogP contribution in [0, 0.1) is 20.8 Å². The highest BCUT2D eigenvalue weighted by molar-refractivity contribution is 6.31. The number of rotatable bonds is 7. The molecule has 0 unspecified atom stereocenters. The number of para-hydroxylation sites is 1. The zero-order valence-corrected chi connectivity index (χ0v) is 21.2. The highest BCUT2D eigenvalue weighted by atomic mass is 35.5. The van der Waals surface area contributed by atoms with Crippen LogP contribution in [0.2, 0.25) is 5.02 Å². The SMILES string of the molecule is Cc1ccc(-n2nc(C)c(CC(=O)NC3CCN(CC(=O)Nc4ccccc4)CC3)c2C)cc1Cl. The Kier molecular flexibility index (Phi) is 7.88. The molecule has 7 nitrogen and oxygen atoms in total. The third-order valence-corrected chi connectivity index (χ3v) is 6.96. The molecule has 2 heterocycles. The predicted molar refractivity (Wildman–Crippen MR) is 139 cm³/mol. The smallest absolute Gasteiger partial charge is 0.238 e. The van der Waals surface area contributed by atoms with Gasteiger partial charge in [0.1, 0.15) is 0 Å². The van der Waals surface area contributed by atoms with E-state index in [1.165, 1.54) is 0 Å². The third-order valence-electron chi connectivity index (χ3n) is 6.56. The lowest BCUT2D eigenvalue weighted by molar-refractivity contribution is -0.122. The van der Waals surface area contributed by atoms with Crippen LogP contribution >= 0.6 is 11.6 Å². The van der Waals surface area contributed by atoms with E-state index < -0.39 is 0 Å². The van der Waals surface area contributed by atoms with Crippen molar-refractivity contribution >= 4 is 29.1 Å². The molecular formula is C27H32ClN5O2. The molecule has 1 aliphatic heterocycles. The predicted octanol–water partition coefficient (Wildman–Crippen LogP) is 4.21. The molecule has 0 radical (unpaired) electrons. The second kappa shape index (κ2) is 11.1. The summed E-state index contributed by atoms with van der Waals surface area (Å²) in [6, 6.07) is 15.4. The molecule has 1 aromatic heterocycles. The van der Waals surface area contributed by atoms with E-state index in [1.807, 2.05) is 74.0 Å². The van der Waals surface area contributed by atoms with Crippen LogP contribution in [0.4, 0.5) is 5.69 Å². The number of amides is 2. The van der Waals surface area contributed by atoms with E-state index in [1.54, 1.807) is 0 Å². The number of aryl methyl sites for hydroxylation is 2. The molecular weight excluding hydrogens is 462 g/mol. The summed E-state index contributed by atoms with van der Waals surface area (Å²) in [5.74, 6) is -0.0190. The normalized spacial score (nSPS) is 14.6. The molecule has 2 N–H and O–H groups in total. The highest BCUT2D eigenvalue weighted by Crippen LogP contribution is 2.23. The van der Waals surface area contributed by atoms with Crippen LogP contribution in [-0.4, -0.2) is 52.2 Å². The summed E-state index contributed by atoms with van der Waals surface area (Å²) in [5, 5.41) is 11.4. The van der Waals surface area contributed by atoms with Crippen molar-refractivity contribution in [3.8, 4) is 5.69 Å². The van der Waals surface area contributed by atoms with Gasteiger partial charge in [0.25, 0.3) is 0 Å². The fraction of sp³-hybridized carbons (Fsp3) is 0.370. The van der Waals surface area contributed by atoms with Crippen molar-refractivity contribution in [3.63, 3.8) is 0 Å². The molecule has 184 valence electrons. The number of halogens is 1. The van der Waals surface area contributed by atoms with Gasteiger partial charge in [-0.15, -0.1) is 0 Å². The van der Waals surface area contributed by atoms with Gasteiger partial charge in [-0.1, -0.05) is 35.9 Å². The van der Waals surface area contributed by atoms with Crippen LogP contribution in [-0.2, 0) is 16.0 Å². The largest absolute Gasteiger partial charge is 0.353 e. The number of anilines is 1. The van der Waals surface area contributed by atoms with Gasteiger partial charge in [-0.3, -0.25) is 14.5 Å². The monoisotopic (exact) mass is 493 g/mol. The number of benzene rings is 2. The maximum atomic E-state index is 12.8. The zero-order valence-electron chi connectivity index (χ0n) is 20.5. The Balaban J connectivity index is 1.28. The first kappa shape index (κ1) is 24.9. The molecule has 0 spiro atoms. The molecule has 1 saturated heterocycles. The number of carbonyl (C=O) groups is 2. The first-order valence-electron chi connectivity index (χ1n) is 12.0. The van der Waals surface area contributed by atoms with Crippen molar-refractivity contribution in [2.75, 3.05) is 25.0 Å². The summed E-state index contributed by atoms with van der Waals surface area (Å²) in [4.78, 5) is 27.3. The quantitative estimate of drug-likeness (QED) is 0.516. The number of piperidine rings is 1. The maximum Gasteiger partial charge on any atom is 0.238 e. The van der Waals surface area contributed by atoms with Gasteiger partial charge in [-0.05, 0) is 63.4 Å². The van der Waals surface area contributed by atoms with Gasteiger partial charge in [0.05, 0.1) is 24.3 Å². The van der Waals surface area contributed by atoms with Crippen LogP contribution in [0.25, 0.3) is 5.69 Å². The Morgan fingerprint density at radius 3 is 2.43 bits per heavy atom. The van der Waals surface area contributed by atoms with Gasteiger partial charge < -0.3 is 10.6 Å². The van der Waals surface area contributed by atoms with Crippen molar-refractivity contribution in [1.82, 2.24) is 20.0 Å². The Bertz CT molecular complexity index is 1200. The van der Waals surface area contributed by atoms with Crippen LogP contribution in [0.5, 0.6) is 0 Å².